The van der Waals surface area contributed by atoms with Crippen LogP contribution in [0.25, 0.3) is 11.1 Å². The minimum Gasteiger partial charge on any atom is -0.295 e. The van der Waals surface area contributed by atoms with Gasteiger partial charge in [0.05, 0.1) is 0 Å². The predicted molar refractivity (Wildman–Crippen MR) is 76.0 cm³/mol. The lowest BCUT2D eigenvalue weighted by Crippen LogP contribution is -1.95. The average molecular weight is 250 g/mol. The van der Waals surface area contributed by atoms with Crippen molar-refractivity contribution in [3.63, 3.8) is 0 Å². The molecular formula is C17H14O2. The first-order valence-electron chi connectivity index (χ1n) is 6.05. The van der Waals surface area contributed by atoms with Crippen molar-refractivity contribution in [1.82, 2.24) is 0 Å². The van der Waals surface area contributed by atoms with Crippen LogP contribution in [-0.4, -0.2) is 11.6 Å². The zero-order chi connectivity index (χ0) is 13.7. The van der Waals surface area contributed by atoms with Crippen LogP contribution in [0.1, 0.15) is 17.3 Å². The van der Waals surface area contributed by atoms with Crippen molar-refractivity contribution in [2.24, 2.45) is 0 Å². The first kappa shape index (κ1) is 13.0. The Labute approximate surface area is 112 Å². The summed E-state index contributed by atoms with van der Waals surface area (Å²) in [5.41, 5.74) is 2.76. The van der Waals surface area contributed by atoms with Gasteiger partial charge in [-0.1, -0.05) is 54.6 Å². The molecule has 0 atom stereocenters. The molecule has 0 heterocycles. The number of hydrogen-bond acceptors (Lipinski definition) is 2. The number of allylic oxidation sites excluding steroid dienone is 2. The number of carbonyl (C=O) groups is 2. The van der Waals surface area contributed by atoms with Crippen molar-refractivity contribution in [2.75, 3.05) is 0 Å². The SMILES string of the molecule is CC(=O)/C=C/C(=O)c1ccc(-c2ccccc2)cc1. The Kier molecular flexibility index (Phi) is 4.04. The molecule has 2 rings (SSSR count). The molecule has 0 bridgehead atoms. The van der Waals surface area contributed by atoms with Gasteiger partial charge in [0.2, 0.25) is 0 Å². The third-order valence-corrected chi connectivity index (χ3v) is 2.75. The molecule has 2 nitrogen and oxygen atoms in total. The molecule has 0 saturated heterocycles. The quantitative estimate of drug-likeness (QED) is 0.612. The van der Waals surface area contributed by atoms with Crippen LogP contribution in [0.2, 0.25) is 0 Å². The Morgan fingerprint density at radius 1 is 0.789 bits per heavy atom. The van der Waals surface area contributed by atoms with Crippen molar-refractivity contribution in [1.29, 1.82) is 0 Å². The molecule has 0 N–H and O–H groups in total. The van der Waals surface area contributed by atoms with E-state index in [0.717, 1.165) is 11.1 Å². The molecule has 0 aliphatic heterocycles. The van der Waals surface area contributed by atoms with E-state index in [4.69, 9.17) is 0 Å². The maximum atomic E-state index is 11.8. The van der Waals surface area contributed by atoms with Crippen LogP contribution in [0.3, 0.4) is 0 Å². The van der Waals surface area contributed by atoms with E-state index in [1.165, 1.54) is 19.1 Å². The van der Waals surface area contributed by atoms with Gasteiger partial charge in [-0.05, 0) is 30.2 Å². The number of ketones is 2. The van der Waals surface area contributed by atoms with Crippen molar-refractivity contribution in [3.05, 3.63) is 72.3 Å². The van der Waals surface area contributed by atoms with E-state index >= 15 is 0 Å². The van der Waals surface area contributed by atoms with E-state index in [1.807, 2.05) is 42.5 Å². The first-order chi connectivity index (χ1) is 9.16. The Morgan fingerprint density at radius 2 is 1.37 bits per heavy atom. The summed E-state index contributed by atoms with van der Waals surface area (Å²) in [6.45, 7) is 1.42. The largest absolute Gasteiger partial charge is 0.295 e. The van der Waals surface area contributed by atoms with Crippen molar-refractivity contribution in [2.45, 2.75) is 6.92 Å². The lowest BCUT2D eigenvalue weighted by Gasteiger charge is -2.02. The minimum absolute atomic E-state index is 0.130. The van der Waals surface area contributed by atoms with Crippen LogP contribution in [0.5, 0.6) is 0 Å². The summed E-state index contributed by atoms with van der Waals surface area (Å²) in [6.07, 6.45) is 2.59. The third kappa shape index (κ3) is 3.49. The Hall–Kier alpha value is -2.48. The van der Waals surface area contributed by atoms with Crippen LogP contribution < -0.4 is 0 Å². The highest BCUT2D eigenvalue weighted by atomic mass is 16.1. The first-order valence-corrected chi connectivity index (χ1v) is 6.05. The maximum Gasteiger partial charge on any atom is 0.185 e. The Balaban J connectivity index is 2.19. The van der Waals surface area contributed by atoms with E-state index in [-0.39, 0.29) is 11.6 Å². The number of carbonyl (C=O) groups excluding carboxylic acids is 2. The molecule has 0 saturated carbocycles. The van der Waals surface area contributed by atoms with Crippen LogP contribution in [0.4, 0.5) is 0 Å². The van der Waals surface area contributed by atoms with Gasteiger partial charge in [-0.2, -0.15) is 0 Å². The van der Waals surface area contributed by atoms with Gasteiger partial charge in [-0.15, -0.1) is 0 Å². The molecule has 0 spiro atoms. The smallest absolute Gasteiger partial charge is 0.185 e. The van der Waals surface area contributed by atoms with Gasteiger partial charge in [0.15, 0.2) is 11.6 Å². The average Bonchev–Trinajstić information content (AvgIpc) is 2.46. The summed E-state index contributed by atoms with van der Waals surface area (Å²) in [6, 6.07) is 17.3. The number of rotatable bonds is 4. The summed E-state index contributed by atoms with van der Waals surface area (Å²) in [5.74, 6) is -0.288. The molecule has 0 unspecified atom stereocenters. The Bertz CT molecular complexity index is 607. The highest BCUT2D eigenvalue weighted by Crippen LogP contribution is 2.19. The van der Waals surface area contributed by atoms with E-state index in [2.05, 4.69) is 0 Å². The minimum atomic E-state index is -0.158. The summed E-state index contributed by atoms with van der Waals surface area (Å²) in [4.78, 5) is 22.5. The third-order valence-electron chi connectivity index (χ3n) is 2.75. The van der Waals surface area contributed by atoms with E-state index < -0.39 is 0 Å². The lowest BCUT2D eigenvalue weighted by atomic mass is 10.0. The molecular weight excluding hydrogens is 236 g/mol. The monoisotopic (exact) mass is 250 g/mol. The van der Waals surface area contributed by atoms with Crippen LogP contribution >= 0.6 is 0 Å². The standard InChI is InChI=1S/C17H14O2/c1-13(18)7-12-17(19)16-10-8-15(9-11-16)14-5-3-2-4-6-14/h2-12H,1H3/b12-7+. The number of hydrogen-bond donors (Lipinski definition) is 0. The molecule has 2 aromatic carbocycles. The van der Waals surface area contributed by atoms with Gasteiger partial charge in [0.1, 0.15) is 0 Å². The van der Waals surface area contributed by atoms with Gasteiger partial charge in [-0.25, -0.2) is 0 Å². The van der Waals surface area contributed by atoms with Gasteiger partial charge >= 0.3 is 0 Å². The van der Waals surface area contributed by atoms with Crippen LogP contribution in [0.15, 0.2) is 66.7 Å². The molecule has 0 amide bonds. The second-order valence-corrected chi connectivity index (χ2v) is 4.25. The second kappa shape index (κ2) is 5.91. The van der Waals surface area contributed by atoms with Gasteiger partial charge in [0, 0.05) is 5.56 Å². The molecule has 0 aliphatic carbocycles. The molecule has 2 aromatic rings. The van der Waals surface area contributed by atoms with Crippen molar-refractivity contribution in [3.8, 4) is 11.1 Å². The summed E-state index contributed by atoms with van der Waals surface area (Å²) in [5, 5.41) is 0. The van der Waals surface area contributed by atoms with Gasteiger partial charge < -0.3 is 0 Å². The van der Waals surface area contributed by atoms with Crippen molar-refractivity contribution >= 4 is 11.6 Å². The fourth-order valence-electron chi connectivity index (χ4n) is 1.75. The summed E-state index contributed by atoms with van der Waals surface area (Å²) >= 11 is 0. The normalized spacial score (nSPS) is 10.6. The second-order valence-electron chi connectivity index (χ2n) is 4.25. The highest BCUT2D eigenvalue weighted by Gasteiger charge is 2.02. The van der Waals surface area contributed by atoms with E-state index in [9.17, 15) is 9.59 Å². The molecule has 94 valence electrons. The molecule has 0 fully saturated rings. The zero-order valence-corrected chi connectivity index (χ0v) is 10.7. The Morgan fingerprint density at radius 3 is 1.95 bits per heavy atom. The fourth-order valence-corrected chi connectivity index (χ4v) is 1.75. The lowest BCUT2D eigenvalue weighted by molar-refractivity contribution is -0.112. The fraction of sp³-hybridized carbons (Fsp3) is 0.0588. The topological polar surface area (TPSA) is 34.1 Å². The molecule has 2 heteroatoms. The van der Waals surface area contributed by atoms with Gasteiger partial charge in [0.25, 0.3) is 0 Å². The summed E-state index contributed by atoms with van der Waals surface area (Å²) < 4.78 is 0. The molecule has 19 heavy (non-hydrogen) atoms. The number of benzene rings is 2. The van der Waals surface area contributed by atoms with E-state index in [1.54, 1.807) is 12.1 Å². The predicted octanol–water partition coefficient (Wildman–Crippen LogP) is 3.68. The molecule has 0 aromatic heterocycles. The molecule has 0 aliphatic rings. The van der Waals surface area contributed by atoms with Crippen LogP contribution in [-0.2, 0) is 4.79 Å². The summed E-state index contributed by atoms with van der Waals surface area (Å²) in [7, 11) is 0. The molecule has 0 radical (unpaired) electrons. The van der Waals surface area contributed by atoms with Crippen LogP contribution in [0, 0.1) is 0 Å². The maximum absolute atomic E-state index is 11.8. The highest BCUT2D eigenvalue weighted by molar-refractivity contribution is 6.07. The van der Waals surface area contributed by atoms with Gasteiger partial charge in [-0.3, -0.25) is 9.59 Å². The zero-order valence-electron chi connectivity index (χ0n) is 10.7. The van der Waals surface area contributed by atoms with Crippen molar-refractivity contribution < 1.29 is 9.59 Å². The van der Waals surface area contributed by atoms with E-state index in [0.29, 0.717) is 5.56 Å².